The van der Waals surface area contributed by atoms with Crippen molar-refractivity contribution in [2.75, 3.05) is 13.1 Å². The Morgan fingerprint density at radius 2 is 2.17 bits per heavy atom. The fraction of sp³-hybridized carbons (Fsp3) is 0.571. The summed E-state index contributed by atoms with van der Waals surface area (Å²) < 4.78 is 1.14. The molecule has 1 unspecified atom stereocenters. The number of nitrogens with one attached hydrogen (secondary N) is 1. The molecule has 18 heavy (non-hydrogen) atoms. The molecule has 2 fully saturated rings. The van der Waals surface area contributed by atoms with E-state index in [4.69, 9.17) is 11.6 Å². The van der Waals surface area contributed by atoms with Crippen molar-refractivity contribution in [1.29, 1.82) is 0 Å². The molecule has 1 saturated heterocycles. The highest BCUT2D eigenvalue weighted by atomic mass is 79.9. The van der Waals surface area contributed by atoms with Crippen LogP contribution in [0.4, 0.5) is 0 Å². The topological polar surface area (TPSA) is 15.3 Å². The Labute approximate surface area is 122 Å². The normalized spacial score (nSPS) is 24.7. The van der Waals surface area contributed by atoms with Crippen LogP contribution >= 0.6 is 27.5 Å². The van der Waals surface area contributed by atoms with E-state index in [2.05, 4.69) is 26.1 Å². The molecule has 1 aliphatic carbocycles. The highest BCUT2D eigenvalue weighted by Gasteiger charge is 2.34. The van der Waals surface area contributed by atoms with Crippen LogP contribution in [-0.4, -0.2) is 30.1 Å². The zero-order valence-electron chi connectivity index (χ0n) is 10.3. The fourth-order valence-electron chi connectivity index (χ4n) is 2.66. The van der Waals surface area contributed by atoms with Crippen molar-refractivity contribution in [2.45, 2.75) is 37.9 Å². The van der Waals surface area contributed by atoms with Gasteiger partial charge in [0.1, 0.15) is 0 Å². The summed E-state index contributed by atoms with van der Waals surface area (Å²) in [6.45, 7) is 3.37. The summed E-state index contributed by atoms with van der Waals surface area (Å²) in [6.07, 6.45) is 4.09. The van der Waals surface area contributed by atoms with E-state index in [1.165, 1.54) is 37.9 Å². The summed E-state index contributed by atoms with van der Waals surface area (Å²) in [5.41, 5.74) is 1.24. The zero-order chi connectivity index (χ0) is 12.5. The third-order valence-corrected chi connectivity index (χ3v) is 4.88. The van der Waals surface area contributed by atoms with Crippen molar-refractivity contribution in [3.8, 4) is 0 Å². The summed E-state index contributed by atoms with van der Waals surface area (Å²) in [6, 6.07) is 7.50. The second-order valence-corrected chi connectivity index (χ2v) is 6.62. The maximum Gasteiger partial charge on any atom is 0.0410 e. The number of benzene rings is 1. The molecule has 1 aromatic rings. The number of halogens is 2. The first-order chi connectivity index (χ1) is 8.72. The SMILES string of the molecule is Clc1ccc(Br)c(CNC2CCN(C3CC3)C2)c1. The minimum absolute atomic E-state index is 0.636. The van der Waals surface area contributed by atoms with Gasteiger partial charge in [0, 0.05) is 41.2 Å². The quantitative estimate of drug-likeness (QED) is 0.910. The first-order valence-corrected chi connectivity index (χ1v) is 7.81. The van der Waals surface area contributed by atoms with Crippen LogP contribution in [0.15, 0.2) is 22.7 Å². The lowest BCUT2D eigenvalue weighted by molar-refractivity contribution is 0.317. The van der Waals surface area contributed by atoms with Gasteiger partial charge in [0.25, 0.3) is 0 Å². The predicted octanol–water partition coefficient (Wildman–Crippen LogP) is 3.43. The second-order valence-electron chi connectivity index (χ2n) is 5.33. The Balaban J connectivity index is 1.53. The third kappa shape index (κ3) is 3.08. The third-order valence-electron chi connectivity index (χ3n) is 3.87. The van der Waals surface area contributed by atoms with Crippen molar-refractivity contribution < 1.29 is 0 Å². The van der Waals surface area contributed by atoms with Crippen molar-refractivity contribution in [3.63, 3.8) is 0 Å². The summed E-state index contributed by atoms with van der Waals surface area (Å²) in [4.78, 5) is 2.63. The highest BCUT2D eigenvalue weighted by Crippen LogP contribution is 2.30. The van der Waals surface area contributed by atoms with Gasteiger partial charge in [-0.25, -0.2) is 0 Å². The fourth-order valence-corrected chi connectivity index (χ4v) is 3.24. The standard InChI is InChI=1S/C14H18BrClN2/c15-14-4-1-11(16)7-10(14)8-17-12-5-6-18(9-12)13-2-3-13/h1,4,7,12-13,17H,2-3,5-6,8-9H2. The highest BCUT2D eigenvalue weighted by molar-refractivity contribution is 9.10. The number of likely N-dealkylation sites (tertiary alicyclic amines) is 1. The van der Waals surface area contributed by atoms with Gasteiger partial charge in [-0.1, -0.05) is 27.5 Å². The average Bonchev–Trinajstić information content (AvgIpc) is 3.10. The number of hydrogen-bond donors (Lipinski definition) is 1. The van der Waals surface area contributed by atoms with Crippen molar-refractivity contribution in [3.05, 3.63) is 33.3 Å². The van der Waals surface area contributed by atoms with Crippen LogP contribution in [0.1, 0.15) is 24.8 Å². The largest absolute Gasteiger partial charge is 0.309 e. The summed E-state index contributed by atoms with van der Waals surface area (Å²) in [5, 5.41) is 4.45. The Morgan fingerprint density at radius 1 is 1.33 bits per heavy atom. The monoisotopic (exact) mass is 328 g/mol. The molecule has 1 aliphatic heterocycles. The van der Waals surface area contributed by atoms with Crippen LogP contribution in [0.2, 0.25) is 5.02 Å². The van der Waals surface area contributed by atoms with E-state index in [9.17, 15) is 0 Å². The molecule has 1 aromatic carbocycles. The lowest BCUT2D eigenvalue weighted by Gasteiger charge is -2.16. The first kappa shape index (κ1) is 12.9. The van der Waals surface area contributed by atoms with Crippen molar-refractivity contribution >= 4 is 27.5 Å². The average molecular weight is 330 g/mol. The number of hydrogen-bond acceptors (Lipinski definition) is 2. The molecule has 0 spiro atoms. The smallest absolute Gasteiger partial charge is 0.0410 e. The molecular weight excluding hydrogens is 312 g/mol. The lowest BCUT2D eigenvalue weighted by atomic mass is 10.2. The molecule has 0 bridgehead atoms. The molecular formula is C14H18BrClN2. The van der Waals surface area contributed by atoms with Crippen LogP contribution in [-0.2, 0) is 6.54 Å². The molecule has 1 N–H and O–H groups in total. The summed E-state index contributed by atoms with van der Waals surface area (Å²) in [5.74, 6) is 0. The molecule has 1 saturated carbocycles. The molecule has 2 aliphatic rings. The van der Waals surface area contributed by atoms with Crippen molar-refractivity contribution in [2.24, 2.45) is 0 Å². The van der Waals surface area contributed by atoms with Gasteiger partial charge in [-0.2, -0.15) is 0 Å². The van der Waals surface area contributed by atoms with Crippen molar-refractivity contribution in [1.82, 2.24) is 10.2 Å². The lowest BCUT2D eigenvalue weighted by Crippen LogP contribution is -2.32. The maximum absolute atomic E-state index is 6.03. The van der Waals surface area contributed by atoms with Gasteiger partial charge < -0.3 is 5.32 Å². The number of nitrogens with zero attached hydrogens (tertiary/aromatic N) is 1. The minimum atomic E-state index is 0.636. The van der Waals surface area contributed by atoms with Crippen LogP contribution in [0, 0.1) is 0 Å². The van der Waals surface area contributed by atoms with E-state index in [1.807, 2.05) is 18.2 Å². The molecule has 98 valence electrons. The van der Waals surface area contributed by atoms with Crippen LogP contribution in [0.5, 0.6) is 0 Å². The van der Waals surface area contributed by atoms with E-state index in [0.29, 0.717) is 6.04 Å². The Bertz CT molecular complexity index is 434. The predicted molar refractivity (Wildman–Crippen MR) is 79.0 cm³/mol. The van der Waals surface area contributed by atoms with Gasteiger partial charge in [-0.15, -0.1) is 0 Å². The molecule has 0 aromatic heterocycles. The van der Waals surface area contributed by atoms with E-state index >= 15 is 0 Å². The van der Waals surface area contributed by atoms with Crippen LogP contribution in [0.25, 0.3) is 0 Å². The molecule has 1 atom stereocenters. The van der Waals surface area contributed by atoms with Gasteiger partial charge in [-0.3, -0.25) is 4.90 Å². The molecule has 4 heteroatoms. The summed E-state index contributed by atoms with van der Waals surface area (Å²) in [7, 11) is 0. The number of rotatable bonds is 4. The van der Waals surface area contributed by atoms with E-state index in [0.717, 1.165) is 22.1 Å². The van der Waals surface area contributed by atoms with E-state index in [-0.39, 0.29) is 0 Å². The van der Waals surface area contributed by atoms with Gasteiger partial charge >= 0.3 is 0 Å². The Kier molecular flexibility index (Phi) is 3.94. The van der Waals surface area contributed by atoms with E-state index in [1.54, 1.807) is 0 Å². The minimum Gasteiger partial charge on any atom is -0.309 e. The first-order valence-electron chi connectivity index (χ1n) is 6.64. The molecule has 3 rings (SSSR count). The molecule has 0 amide bonds. The second kappa shape index (κ2) is 5.49. The van der Waals surface area contributed by atoms with E-state index < -0.39 is 0 Å². The zero-order valence-corrected chi connectivity index (χ0v) is 12.7. The van der Waals surface area contributed by atoms with Crippen LogP contribution < -0.4 is 5.32 Å². The molecule has 2 nitrogen and oxygen atoms in total. The Morgan fingerprint density at radius 3 is 2.94 bits per heavy atom. The Hall–Kier alpha value is -0.0900. The summed E-state index contributed by atoms with van der Waals surface area (Å²) >= 11 is 9.60. The molecule has 1 heterocycles. The van der Waals surface area contributed by atoms with Crippen LogP contribution in [0.3, 0.4) is 0 Å². The van der Waals surface area contributed by atoms with Gasteiger partial charge in [-0.05, 0) is 43.0 Å². The van der Waals surface area contributed by atoms with Gasteiger partial charge in [0.05, 0.1) is 0 Å². The maximum atomic E-state index is 6.03. The van der Waals surface area contributed by atoms with Gasteiger partial charge in [0.15, 0.2) is 0 Å². The van der Waals surface area contributed by atoms with Gasteiger partial charge in [0.2, 0.25) is 0 Å². The molecule has 0 radical (unpaired) electrons.